The highest BCUT2D eigenvalue weighted by atomic mass is 32.2. The highest BCUT2D eigenvalue weighted by Gasteiger charge is 2.07. The van der Waals surface area contributed by atoms with Crippen LogP contribution in [0.25, 0.3) is 0 Å². The number of rotatable bonds is 4. The number of hydrogen-bond acceptors (Lipinski definition) is 2. The standard InChI is InChI=1S/C16H19NS/c1-4-13-8-9-14(11-15(13)12(2)3)18-16-7-5-6-10-17-16/h5-12H,4H2,1-3H3. The van der Waals surface area contributed by atoms with Gasteiger partial charge in [0.25, 0.3) is 0 Å². The zero-order valence-electron chi connectivity index (χ0n) is 11.2. The number of hydrogen-bond donors (Lipinski definition) is 0. The molecule has 0 saturated heterocycles. The molecule has 0 aliphatic heterocycles. The number of benzene rings is 1. The van der Waals surface area contributed by atoms with Crippen molar-refractivity contribution in [3.63, 3.8) is 0 Å². The Morgan fingerprint density at radius 3 is 2.61 bits per heavy atom. The Morgan fingerprint density at radius 1 is 1.17 bits per heavy atom. The van der Waals surface area contributed by atoms with Gasteiger partial charge in [0.15, 0.2) is 0 Å². The fourth-order valence-corrected chi connectivity index (χ4v) is 2.85. The molecule has 0 spiro atoms. The normalized spacial score (nSPS) is 10.9. The first kappa shape index (κ1) is 13.2. The van der Waals surface area contributed by atoms with Crippen molar-refractivity contribution in [1.29, 1.82) is 0 Å². The van der Waals surface area contributed by atoms with Gasteiger partial charge in [-0.1, -0.05) is 44.7 Å². The van der Waals surface area contributed by atoms with Crippen molar-refractivity contribution in [3.8, 4) is 0 Å². The zero-order valence-corrected chi connectivity index (χ0v) is 12.0. The average molecular weight is 257 g/mol. The third kappa shape index (κ3) is 3.14. The first-order valence-corrected chi connectivity index (χ1v) is 7.24. The Kier molecular flexibility index (Phi) is 4.43. The van der Waals surface area contributed by atoms with Gasteiger partial charge in [0.2, 0.25) is 0 Å². The molecule has 0 radical (unpaired) electrons. The van der Waals surface area contributed by atoms with Crippen molar-refractivity contribution in [3.05, 3.63) is 53.7 Å². The van der Waals surface area contributed by atoms with Crippen LogP contribution < -0.4 is 0 Å². The van der Waals surface area contributed by atoms with Crippen LogP contribution in [0.15, 0.2) is 52.5 Å². The van der Waals surface area contributed by atoms with Crippen molar-refractivity contribution in [1.82, 2.24) is 4.98 Å². The lowest BCUT2D eigenvalue weighted by molar-refractivity contribution is 0.839. The molecule has 1 aromatic carbocycles. The van der Waals surface area contributed by atoms with Gasteiger partial charge in [-0.3, -0.25) is 0 Å². The third-order valence-corrected chi connectivity index (χ3v) is 3.92. The van der Waals surface area contributed by atoms with Crippen LogP contribution >= 0.6 is 11.8 Å². The first-order chi connectivity index (χ1) is 8.70. The molecule has 94 valence electrons. The van der Waals surface area contributed by atoms with E-state index in [1.165, 1.54) is 16.0 Å². The van der Waals surface area contributed by atoms with Crippen molar-refractivity contribution in [2.45, 2.75) is 43.0 Å². The smallest absolute Gasteiger partial charge is 0.101 e. The maximum Gasteiger partial charge on any atom is 0.101 e. The van der Waals surface area contributed by atoms with E-state index in [0.29, 0.717) is 5.92 Å². The summed E-state index contributed by atoms with van der Waals surface area (Å²) in [6.07, 6.45) is 2.94. The maximum absolute atomic E-state index is 4.35. The molecule has 0 bridgehead atoms. The van der Waals surface area contributed by atoms with Crippen LogP contribution in [0.1, 0.15) is 37.8 Å². The summed E-state index contributed by atoms with van der Waals surface area (Å²) in [5.41, 5.74) is 2.91. The summed E-state index contributed by atoms with van der Waals surface area (Å²) in [6.45, 7) is 6.72. The maximum atomic E-state index is 4.35. The van der Waals surface area contributed by atoms with E-state index in [2.05, 4.69) is 44.0 Å². The second-order valence-electron chi connectivity index (χ2n) is 4.64. The van der Waals surface area contributed by atoms with Gasteiger partial charge >= 0.3 is 0 Å². The van der Waals surface area contributed by atoms with Crippen molar-refractivity contribution < 1.29 is 0 Å². The minimum absolute atomic E-state index is 0.573. The molecule has 2 aromatic rings. The summed E-state index contributed by atoms with van der Waals surface area (Å²) in [6, 6.07) is 12.8. The third-order valence-electron chi connectivity index (χ3n) is 2.98. The molecule has 0 fully saturated rings. The molecule has 2 heteroatoms. The predicted octanol–water partition coefficient (Wildman–Crippen LogP) is 4.92. The molecule has 0 atom stereocenters. The van der Waals surface area contributed by atoms with E-state index in [0.717, 1.165) is 11.4 Å². The molecule has 0 aliphatic rings. The average Bonchev–Trinajstić information content (AvgIpc) is 2.40. The summed E-state index contributed by atoms with van der Waals surface area (Å²) in [5.74, 6) is 0.573. The molecular weight excluding hydrogens is 238 g/mol. The summed E-state index contributed by atoms with van der Waals surface area (Å²) in [7, 11) is 0. The number of pyridine rings is 1. The predicted molar refractivity (Wildman–Crippen MR) is 78.3 cm³/mol. The van der Waals surface area contributed by atoms with E-state index < -0.39 is 0 Å². The van der Waals surface area contributed by atoms with Crippen molar-refractivity contribution >= 4 is 11.8 Å². The Labute approximate surface area is 114 Å². The number of aryl methyl sites for hydroxylation is 1. The highest BCUT2D eigenvalue weighted by molar-refractivity contribution is 7.99. The second kappa shape index (κ2) is 6.05. The molecule has 0 saturated carbocycles. The molecule has 1 aromatic heterocycles. The zero-order chi connectivity index (χ0) is 13.0. The van der Waals surface area contributed by atoms with Gasteiger partial charge in [-0.15, -0.1) is 0 Å². The molecule has 1 nitrogen and oxygen atoms in total. The van der Waals surface area contributed by atoms with Crippen molar-refractivity contribution in [2.24, 2.45) is 0 Å². The van der Waals surface area contributed by atoms with E-state index in [1.807, 2.05) is 24.4 Å². The van der Waals surface area contributed by atoms with Crippen LogP contribution in [-0.4, -0.2) is 4.98 Å². The van der Waals surface area contributed by atoms with E-state index in [4.69, 9.17) is 0 Å². The fraction of sp³-hybridized carbons (Fsp3) is 0.312. The lowest BCUT2D eigenvalue weighted by atomic mass is 9.96. The molecule has 18 heavy (non-hydrogen) atoms. The van der Waals surface area contributed by atoms with Crippen LogP contribution in [0.4, 0.5) is 0 Å². The Bertz CT molecular complexity index is 506. The lowest BCUT2D eigenvalue weighted by Gasteiger charge is -2.13. The van der Waals surface area contributed by atoms with Gasteiger partial charge in [0.1, 0.15) is 5.03 Å². The Balaban J connectivity index is 2.27. The van der Waals surface area contributed by atoms with E-state index in [-0.39, 0.29) is 0 Å². The largest absolute Gasteiger partial charge is 0.250 e. The minimum atomic E-state index is 0.573. The van der Waals surface area contributed by atoms with Crippen LogP contribution in [0.5, 0.6) is 0 Å². The summed E-state index contributed by atoms with van der Waals surface area (Å²) in [5, 5.41) is 1.05. The van der Waals surface area contributed by atoms with Crippen LogP contribution in [0.2, 0.25) is 0 Å². The molecule has 0 aliphatic carbocycles. The SMILES string of the molecule is CCc1ccc(Sc2ccccn2)cc1C(C)C. The molecule has 0 amide bonds. The molecule has 0 unspecified atom stereocenters. The van der Waals surface area contributed by atoms with Gasteiger partial charge in [-0.2, -0.15) is 0 Å². The van der Waals surface area contributed by atoms with Gasteiger partial charge in [-0.05, 0) is 47.7 Å². The quantitative estimate of drug-likeness (QED) is 0.771. The van der Waals surface area contributed by atoms with Crippen LogP contribution in [0.3, 0.4) is 0 Å². The van der Waals surface area contributed by atoms with Crippen molar-refractivity contribution in [2.75, 3.05) is 0 Å². The van der Waals surface area contributed by atoms with E-state index in [1.54, 1.807) is 11.8 Å². The summed E-state index contributed by atoms with van der Waals surface area (Å²) in [4.78, 5) is 5.63. The van der Waals surface area contributed by atoms with Gasteiger partial charge in [0, 0.05) is 11.1 Å². The molecular formula is C16H19NS. The number of nitrogens with zero attached hydrogens (tertiary/aromatic N) is 1. The topological polar surface area (TPSA) is 12.9 Å². The van der Waals surface area contributed by atoms with E-state index in [9.17, 15) is 0 Å². The molecule has 2 rings (SSSR count). The molecule has 1 heterocycles. The first-order valence-electron chi connectivity index (χ1n) is 6.42. The molecule has 0 N–H and O–H groups in total. The number of aromatic nitrogens is 1. The Hall–Kier alpha value is -1.28. The lowest BCUT2D eigenvalue weighted by Crippen LogP contribution is -1.95. The van der Waals surface area contributed by atoms with Crippen LogP contribution in [-0.2, 0) is 6.42 Å². The van der Waals surface area contributed by atoms with Crippen LogP contribution in [0, 0.1) is 0 Å². The van der Waals surface area contributed by atoms with E-state index >= 15 is 0 Å². The Morgan fingerprint density at radius 2 is 2.00 bits per heavy atom. The highest BCUT2D eigenvalue weighted by Crippen LogP contribution is 2.30. The van der Waals surface area contributed by atoms with Gasteiger partial charge in [0.05, 0.1) is 0 Å². The summed E-state index contributed by atoms with van der Waals surface area (Å²) >= 11 is 1.73. The monoisotopic (exact) mass is 257 g/mol. The summed E-state index contributed by atoms with van der Waals surface area (Å²) < 4.78 is 0. The fourth-order valence-electron chi connectivity index (χ4n) is 2.02. The van der Waals surface area contributed by atoms with Gasteiger partial charge < -0.3 is 0 Å². The van der Waals surface area contributed by atoms with Gasteiger partial charge in [-0.25, -0.2) is 4.98 Å². The minimum Gasteiger partial charge on any atom is -0.250 e. The second-order valence-corrected chi connectivity index (χ2v) is 5.73.